The van der Waals surface area contributed by atoms with Crippen LogP contribution in [0.25, 0.3) is 0 Å². The second kappa shape index (κ2) is 6.35. The van der Waals surface area contributed by atoms with E-state index in [-0.39, 0.29) is 47.4 Å². The van der Waals surface area contributed by atoms with E-state index in [9.17, 15) is 25.1 Å². The number of hydrogen-bond donors (Lipinski definition) is 2. The Morgan fingerprint density at radius 3 is 2.41 bits per heavy atom. The average molecular weight is 381 g/mol. The number of fused-ring (bicyclic) bond motifs is 1. The summed E-state index contributed by atoms with van der Waals surface area (Å²) in [6, 6.07) is -1.65. The zero-order chi connectivity index (χ0) is 18.3. The number of carboxylic acids is 1. The first-order valence-electron chi connectivity index (χ1n) is 9.74. The third-order valence-corrected chi connectivity index (χ3v) is 7.77. The van der Waals surface area contributed by atoms with Crippen LogP contribution in [0.2, 0.25) is 0 Å². The summed E-state index contributed by atoms with van der Waals surface area (Å²) in [5, 5.41) is 34.6. The molecule has 0 aromatic rings. The van der Waals surface area contributed by atoms with Crippen LogP contribution >= 0.6 is 0 Å². The van der Waals surface area contributed by atoms with Crippen LogP contribution in [0.4, 0.5) is 0 Å². The van der Waals surface area contributed by atoms with Crippen molar-refractivity contribution in [1.29, 1.82) is 5.26 Å². The molecule has 6 aliphatic rings. The molecule has 2 unspecified atom stereocenters. The molecule has 7 nitrogen and oxygen atoms in total. The first-order valence-corrected chi connectivity index (χ1v) is 9.74. The van der Waals surface area contributed by atoms with Crippen LogP contribution in [0.3, 0.4) is 0 Å². The van der Waals surface area contributed by atoms with Gasteiger partial charge in [0.05, 0.1) is 17.6 Å². The molecule has 6 fully saturated rings. The Hall–Kier alpha value is -0.810. The number of piperidine rings is 1. The molecule has 4 bridgehead atoms. The number of aliphatic hydroxyl groups is 1. The van der Waals surface area contributed by atoms with Crippen LogP contribution in [0.1, 0.15) is 51.4 Å². The minimum absolute atomic E-state index is 0. The molecule has 5 aliphatic carbocycles. The van der Waals surface area contributed by atoms with E-state index in [0.29, 0.717) is 24.7 Å². The van der Waals surface area contributed by atoms with Crippen LogP contribution < -0.4 is 40.0 Å². The van der Waals surface area contributed by atoms with E-state index in [1.807, 2.05) is 6.19 Å². The van der Waals surface area contributed by atoms with Gasteiger partial charge in [-0.25, -0.2) is 0 Å². The molecule has 140 valence electrons. The van der Waals surface area contributed by atoms with Gasteiger partial charge in [-0.3, -0.25) is 4.79 Å². The summed E-state index contributed by atoms with van der Waals surface area (Å²) in [4.78, 5) is 26.5. The van der Waals surface area contributed by atoms with E-state index in [4.69, 9.17) is 0 Å². The maximum absolute atomic E-state index is 13.4. The predicted molar refractivity (Wildman–Crippen MR) is 86.8 cm³/mol. The number of nitriles is 1. The van der Waals surface area contributed by atoms with E-state index >= 15 is 0 Å². The molecule has 0 aromatic carbocycles. The Labute approximate surface area is 180 Å². The summed E-state index contributed by atoms with van der Waals surface area (Å²) in [7, 11) is 0. The molecule has 2 N–H and O–H groups in total. The average Bonchev–Trinajstić information content (AvgIpc) is 3.19. The first-order chi connectivity index (χ1) is 12.3. The normalized spacial score (nSPS) is 46.8. The first kappa shape index (κ1) is 19.5. The molecule has 1 heterocycles. The largest absolute Gasteiger partial charge is 1.00 e. The van der Waals surface area contributed by atoms with Gasteiger partial charge >= 0.3 is 29.6 Å². The van der Waals surface area contributed by atoms with Crippen LogP contribution in [0, 0.1) is 34.6 Å². The number of carboxylic acid groups (broad SMARTS) is 1. The summed E-state index contributed by atoms with van der Waals surface area (Å²) in [5.74, 6) is -0.450. The van der Waals surface area contributed by atoms with E-state index in [1.54, 1.807) is 0 Å². The Kier molecular flexibility index (Phi) is 4.59. The van der Waals surface area contributed by atoms with E-state index in [0.717, 1.165) is 38.5 Å². The molecule has 8 atom stereocenters. The van der Waals surface area contributed by atoms with Crippen molar-refractivity contribution in [2.75, 3.05) is 0 Å². The molecule has 0 radical (unpaired) electrons. The zero-order valence-electron chi connectivity index (χ0n) is 15.7. The van der Waals surface area contributed by atoms with Gasteiger partial charge in [0, 0.05) is 11.5 Å². The number of carbonyl (C=O) groups is 2. The van der Waals surface area contributed by atoms with Crippen molar-refractivity contribution in [3.8, 4) is 6.19 Å². The van der Waals surface area contributed by atoms with Gasteiger partial charge in [-0.15, -0.1) is 0 Å². The molecule has 5 saturated carbocycles. The van der Waals surface area contributed by atoms with Crippen molar-refractivity contribution < 1.29 is 49.4 Å². The van der Waals surface area contributed by atoms with Crippen LogP contribution in [-0.4, -0.2) is 45.6 Å². The number of likely N-dealkylation sites (tertiary alicyclic amines) is 1. The molecule has 6 rings (SSSR count). The minimum Gasteiger partial charge on any atom is -0.548 e. The molecule has 1 amide bonds. The third-order valence-electron chi connectivity index (χ3n) is 7.77. The van der Waals surface area contributed by atoms with Crippen molar-refractivity contribution in [1.82, 2.24) is 10.2 Å². The molecule has 8 heteroatoms. The summed E-state index contributed by atoms with van der Waals surface area (Å²) in [6.45, 7) is 0. The Morgan fingerprint density at radius 1 is 1.19 bits per heavy atom. The van der Waals surface area contributed by atoms with Gasteiger partial charge in [-0.1, -0.05) is 0 Å². The number of nitrogens with one attached hydrogen (secondary N) is 1. The Bertz CT molecular complexity index is 708. The van der Waals surface area contributed by atoms with Crippen molar-refractivity contribution in [2.24, 2.45) is 23.2 Å². The summed E-state index contributed by atoms with van der Waals surface area (Å²) in [6.07, 6.45) is 8.09. The van der Waals surface area contributed by atoms with Gasteiger partial charge in [0.15, 0.2) is 6.19 Å². The second-order valence-corrected chi connectivity index (χ2v) is 9.62. The SMILES string of the molecule is N#CN[C@H](C(=O)N1[C@H](C(=O)[O-])C[C@@H]2C[C@@H]21)C12C[C@@H]3C[C@@H](CC(O)(C3)C1)C2.[Na+]. The number of carbonyl (C=O) groups excluding carboxylic acids is 2. The summed E-state index contributed by atoms with van der Waals surface area (Å²) in [5.41, 5.74) is -1.18. The monoisotopic (exact) mass is 381 g/mol. The fourth-order valence-electron chi connectivity index (χ4n) is 7.30. The number of rotatable bonds is 4. The minimum atomic E-state index is -1.20. The van der Waals surface area contributed by atoms with E-state index < -0.39 is 29.1 Å². The zero-order valence-corrected chi connectivity index (χ0v) is 17.7. The van der Waals surface area contributed by atoms with Crippen molar-refractivity contribution in [3.63, 3.8) is 0 Å². The number of hydrogen-bond acceptors (Lipinski definition) is 6. The van der Waals surface area contributed by atoms with Gasteiger partial charge in [0.1, 0.15) is 6.04 Å². The van der Waals surface area contributed by atoms with Crippen LogP contribution in [-0.2, 0) is 9.59 Å². The molecule has 0 aromatic heterocycles. The second-order valence-electron chi connectivity index (χ2n) is 9.62. The maximum atomic E-state index is 13.4. The fraction of sp³-hybridized carbons (Fsp3) is 0.842. The van der Waals surface area contributed by atoms with Crippen LogP contribution in [0.5, 0.6) is 0 Å². The smallest absolute Gasteiger partial charge is 0.548 e. The Balaban J connectivity index is 0.00000180. The summed E-state index contributed by atoms with van der Waals surface area (Å²) < 4.78 is 0. The van der Waals surface area contributed by atoms with E-state index in [2.05, 4.69) is 5.32 Å². The van der Waals surface area contributed by atoms with Crippen LogP contribution in [0.15, 0.2) is 0 Å². The van der Waals surface area contributed by atoms with Crippen molar-refractivity contribution >= 4 is 11.9 Å². The quantitative estimate of drug-likeness (QED) is 0.297. The fourth-order valence-corrected chi connectivity index (χ4v) is 7.30. The standard InChI is InChI=1S/C19H25N3O4.Na/c20-9-21-15(16(23)22-13-2-12(13)3-14(22)17(24)25)18-4-10-1-11(5-18)7-19(26,6-10)8-18;/h10-15,21,26H,1-8H2,(H,24,25);/q;+1/p-1/t10-,11+,12-,13-,14-,15+,18?,19?;/m0./s1. The van der Waals surface area contributed by atoms with Crippen molar-refractivity contribution in [2.45, 2.75) is 75.1 Å². The van der Waals surface area contributed by atoms with Gasteiger partial charge < -0.3 is 25.2 Å². The molecule has 27 heavy (non-hydrogen) atoms. The van der Waals surface area contributed by atoms with Gasteiger partial charge in [-0.05, 0) is 69.1 Å². The van der Waals surface area contributed by atoms with Gasteiger partial charge in [0.25, 0.3) is 0 Å². The topological polar surface area (TPSA) is 116 Å². The molecule has 0 spiro atoms. The molecule has 1 saturated heterocycles. The Morgan fingerprint density at radius 2 is 1.85 bits per heavy atom. The number of nitrogens with zero attached hydrogens (tertiary/aromatic N) is 2. The number of aliphatic carboxylic acids is 1. The van der Waals surface area contributed by atoms with E-state index in [1.165, 1.54) is 4.90 Å². The number of amides is 1. The molecule has 1 aliphatic heterocycles. The molecular formula is C19H24N3NaO4. The van der Waals surface area contributed by atoms with Gasteiger partial charge in [-0.2, -0.15) is 5.26 Å². The molecular weight excluding hydrogens is 357 g/mol. The van der Waals surface area contributed by atoms with Crippen molar-refractivity contribution in [3.05, 3.63) is 0 Å². The summed E-state index contributed by atoms with van der Waals surface area (Å²) >= 11 is 0. The maximum Gasteiger partial charge on any atom is 1.00 e. The third kappa shape index (κ3) is 2.91. The predicted octanol–water partition coefficient (Wildman–Crippen LogP) is -3.50. The van der Waals surface area contributed by atoms with Gasteiger partial charge in [0.2, 0.25) is 5.91 Å².